The number of Topliss-reactive ketones (excluding diaryl/α,β-unsaturated/α-hetero) is 3. The Labute approximate surface area is 271 Å². The maximum atomic E-state index is 12.9. The Morgan fingerprint density at radius 3 is 2.36 bits per heavy atom. The molecule has 2 aliphatic heterocycles. The van der Waals surface area contributed by atoms with E-state index in [1.165, 1.54) is 17.3 Å². The van der Waals surface area contributed by atoms with Gasteiger partial charge in [-0.05, 0) is 57.7 Å². The fraction of sp³-hybridized carbons (Fsp3) is 0.657. The second kappa shape index (κ2) is 14.6. The molecule has 2 heterocycles. The van der Waals surface area contributed by atoms with E-state index in [-0.39, 0.29) is 72.9 Å². The SMILES string of the molecule is CO[C@@H]1[C@H](OC(=O)CC(=O)CSc2ccc(CC(=O)COCC(=O)C(C)(C)C)cc2)CC[C@]2(CO2)[C@H]1[C@]1(C)O[C@@H]1CC=C(C)C. The summed E-state index contributed by atoms with van der Waals surface area (Å²) in [6.07, 6.45) is 3.42. The van der Waals surface area contributed by atoms with E-state index >= 15 is 0 Å². The molecule has 3 aliphatic rings. The van der Waals surface area contributed by atoms with Gasteiger partial charge in [0, 0.05) is 23.8 Å². The highest BCUT2D eigenvalue weighted by Gasteiger charge is 2.72. The zero-order valence-electron chi connectivity index (χ0n) is 27.6. The van der Waals surface area contributed by atoms with Crippen LogP contribution >= 0.6 is 11.8 Å². The van der Waals surface area contributed by atoms with Crippen molar-refractivity contribution in [2.24, 2.45) is 11.3 Å². The fourth-order valence-electron chi connectivity index (χ4n) is 6.11. The summed E-state index contributed by atoms with van der Waals surface area (Å²) in [6.45, 7) is 12.1. The molecule has 0 radical (unpaired) electrons. The number of carbonyl (C=O) groups is 4. The summed E-state index contributed by atoms with van der Waals surface area (Å²) in [5.74, 6) is -0.903. The molecule has 4 rings (SSSR count). The number of benzene rings is 1. The van der Waals surface area contributed by atoms with E-state index in [1.54, 1.807) is 7.11 Å². The molecule has 6 atom stereocenters. The van der Waals surface area contributed by atoms with Crippen LogP contribution in [-0.2, 0) is 49.3 Å². The largest absolute Gasteiger partial charge is 0.459 e. The molecule has 1 aromatic rings. The number of hydrogen-bond donors (Lipinski definition) is 0. The predicted octanol–water partition coefficient (Wildman–Crippen LogP) is 5.10. The molecule has 0 N–H and O–H groups in total. The standard InChI is InChI=1S/C35H48O9S/c1-22(2)8-13-29-34(6,44-29)32-31(40-7)27(14-15-35(32)21-42-35)43-30(39)17-25(37)20-45-26-11-9-23(10-12-26)16-24(36)18-41-19-28(38)33(3,4)5/h8-12,27,29,31-32H,13-21H2,1-7H3/t27-,29-,31-,32-,34-,35+/m1/s1. The average molecular weight is 645 g/mol. The predicted molar refractivity (Wildman–Crippen MR) is 170 cm³/mol. The number of allylic oxidation sites excluding steroid dienone is 1. The molecule has 1 spiro atoms. The van der Waals surface area contributed by atoms with Gasteiger partial charge in [0.15, 0.2) is 17.3 Å². The number of hydrogen-bond acceptors (Lipinski definition) is 10. The molecule has 9 nitrogen and oxygen atoms in total. The monoisotopic (exact) mass is 644 g/mol. The summed E-state index contributed by atoms with van der Waals surface area (Å²) < 4.78 is 29.3. The minimum atomic E-state index is -0.553. The molecule has 10 heteroatoms. The van der Waals surface area contributed by atoms with Crippen LogP contribution in [0.25, 0.3) is 0 Å². The molecule has 1 aromatic carbocycles. The van der Waals surface area contributed by atoms with Gasteiger partial charge >= 0.3 is 5.97 Å². The van der Waals surface area contributed by atoms with Crippen molar-refractivity contribution in [3.05, 3.63) is 41.5 Å². The lowest BCUT2D eigenvalue weighted by molar-refractivity contribution is -0.172. The summed E-state index contributed by atoms with van der Waals surface area (Å²) in [7, 11) is 1.63. The van der Waals surface area contributed by atoms with E-state index in [0.29, 0.717) is 13.0 Å². The zero-order valence-corrected chi connectivity index (χ0v) is 28.5. The number of ether oxygens (including phenoxy) is 5. The lowest BCUT2D eigenvalue weighted by Crippen LogP contribution is -2.55. The highest BCUT2D eigenvalue weighted by atomic mass is 32.2. The number of rotatable bonds is 16. The quantitative estimate of drug-likeness (QED) is 0.0790. The number of methoxy groups -OCH3 is 1. The van der Waals surface area contributed by atoms with E-state index in [9.17, 15) is 19.2 Å². The van der Waals surface area contributed by atoms with Crippen molar-refractivity contribution in [3.8, 4) is 0 Å². The van der Waals surface area contributed by atoms with Crippen LogP contribution in [0.15, 0.2) is 40.8 Å². The molecular formula is C35H48O9S. The maximum Gasteiger partial charge on any atom is 0.313 e. The summed E-state index contributed by atoms with van der Waals surface area (Å²) in [5, 5.41) is 0. The first-order chi connectivity index (χ1) is 21.2. The van der Waals surface area contributed by atoms with Crippen LogP contribution in [0.4, 0.5) is 0 Å². The number of thioether (sulfide) groups is 1. The third-order valence-electron chi connectivity index (χ3n) is 8.92. The minimum Gasteiger partial charge on any atom is -0.459 e. The van der Waals surface area contributed by atoms with Crippen molar-refractivity contribution < 1.29 is 42.9 Å². The van der Waals surface area contributed by atoms with Crippen LogP contribution in [-0.4, -0.2) is 85.5 Å². The normalized spacial score (nSPS) is 28.8. The molecule has 1 aliphatic carbocycles. The van der Waals surface area contributed by atoms with E-state index in [4.69, 9.17) is 23.7 Å². The third kappa shape index (κ3) is 9.35. The number of epoxide rings is 2. The topological polar surface area (TPSA) is 121 Å². The van der Waals surface area contributed by atoms with Crippen LogP contribution in [0.3, 0.4) is 0 Å². The molecule has 0 aromatic heterocycles. The highest BCUT2D eigenvalue weighted by Crippen LogP contribution is 2.59. The maximum absolute atomic E-state index is 12.9. The number of carbonyl (C=O) groups excluding carboxylic acids is 4. The Balaban J connectivity index is 1.21. The van der Waals surface area contributed by atoms with Crippen LogP contribution < -0.4 is 0 Å². The molecular weight excluding hydrogens is 596 g/mol. The van der Waals surface area contributed by atoms with Crippen LogP contribution in [0.1, 0.15) is 72.8 Å². The van der Waals surface area contributed by atoms with Gasteiger partial charge in [-0.3, -0.25) is 19.2 Å². The van der Waals surface area contributed by atoms with Crippen molar-refractivity contribution in [3.63, 3.8) is 0 Å². The lowest BCUT2D eigenvalue weighted by Gasteiger charge is -2.42. The van der Waals surface area contributed by atoms with Gasteiger partial charge in [0.25, 0.3) is 0 Å². The van der Waals surface area contributed by atoms with E-state index < -0.39 is 23.1 Å². The van der Waals surface area contributed by atoms with Gasteiger partial charge in [-0.1, -0.05) is 44.6 Å². The second-order valence-electron chi connectivity index (χ2n) is 13.9. The van der Waals surface area contributed by atoms with Crippen LogP contribution in [0.5, 0.6) is 0 Å². The van der Waals surface area contributed by atoms with Gasteiger partial charge in [-0.25, -0.2) is 0 Å². The molecule has 248 valence electrons. The van der Waals surface area contributed by atoms with Gasteiger partial charge in [0.05, 0.1) is 24.4 Å². The molecule has 0 unspecified atom stereocenters. The molecule has 1 saturated carbocycles. The average Bonchev–Trinajstić information content (AvgIpc) is 3.88. The summed E-state index contributed by atoms with van der Waals surface area (Å²) in [4.78, 5) is 50.6. The van der Waals surface area contributed by atoms with Crippen molar-refractivity contribution >= 4 is 35.1 Å². The van der Waals surface area contributed by atoms with Crippen molar-refractivity contribution in [2.45, 2.75) is 108 Å². The Hall–Kier alpha value is -2.37. The van der Waals surface area contributed by atoms with Crippen molar-refractivity contribution in [1.29, 1.82) is 0 Å². The molecule has 2 saturated heterocycles. The smallest absolute Gasteiger partial charge is 0.313 e. The van der Waals surface area contributed by atoms with Crippen molar-refractivity contribution in [1.82, 2.24) is 0 Å². The summed E-state index contributed by atoms with van der Waals surface area (Å²) in [6, 6.07) is 7.34. The van der Waals surface area contributed by atoms with Gasteiger partial charge in [0.1, 0.15) is 43.0 Å². The Morgan fingerprint density at radius 2 is 1.76 bits per heavy atom. The summed E-state index contributed by atoms with van der Waals surface area (Å²) >= 11 is 1.33. The first-order valence-corrected chi connectivity index (χ1v) is 16.7. The Kier molecular flexibility index (Phi) is 11.5. The Bertz CT molecular complexity index is 1270. The fourth-order valence-corrected chi connectivity index (χ4v) is 6.87. The summed E-state index contributed by atoms with van der Waals surface area (Å²) in [5.41, 5.74) is 0.816. The van der Waals surface area contributed by atoms with E-state index in [0.717, 1.165) is 23.3 Å². The molecule has 45 heavy (non-hydrogen) atoms. The lowest BCUT2D eigenvalue weighted by atomic mass is 9.68. The molecule has 0 bridgehead atoms. The number of esters is 1. The van der Waals surface area contributed by atoms with Crippen molar-refractivity contribution in [2.75, 3.05) is 32.7 Å². The van der Waals surface area contributed by atoms with Crippen LogP contribution in [0.2, 0.25) is 0 Å². The van der Waals surface area contributed by atoms with E-state index in [2.05, 4.69) is 26.8 Å². The van der Waals surface area contributed by atoms with Gasteiger partial charge < -0.3 is 23.7 Å². The minimum absolute atomic E-state index is 0.0510. The number of ketones is 3. The van der Waals surface area contributed by atoms with E-state index in [1.807, 2.05) is 45.0 Å². The highest BCUT2D eigenvalue weighted by molar-refractivity contribution is 8.00. The molecule has 3 fully saturated rings. The van der Waals surface area contributed by atoms with Gasteiger partial charge in [0.2, 0.25) is 0 Å². The van der Waals surface area contributed by atoms with Gasteiger partial charge in [-0.15, -0.1) is 11.8 Å². The first kappa shape index (κ1) is 35.5. The molecule has 0 amide bonds. The van der Waals surface area contributed by atoms with Crippen LogP contribution in [0, 0.1) is 11.3 Å². The second-order valence-corrected chi connectivity index (χ2v) is 15.0. The third-order valence-corrected chi connectivity index (χ3v) is 9.99. The van der Waals surface area contributed by atoms with Gasteiger partial charge in [-0.2, -0.15) is 0 Å². The Morgan fingerprint density at radius 1 is 1.07 bits per heavy atom. The first-order valence-electron chi connectivity index (χ1n) is 15.7. The zero-order chi connectivity index (χ0) is 33.0.